The number of nitrogens with zero attached hydrogens (tertiary/aromatic N) is 6. The van der Waals surface area contributed by atoms with Crippen LogP contribution in [-0.2, 0) is 0 Å². The van der Waals surface area contributed by atoms with Crippen molar-refractivity contribution in [2.24, 2.45) is 5.41 Å². The minimum Gasteiger partial charge on any atom is -0.384 e. The highest BCUT2D eigenvalue weighted by molar-refractivity contribution is 5.78. The standard InChI is InChI=1S/C26H23F2N7/c1-3-8-33-12-26(13-33)14-34(15-26)24-19(27)10-18(11-20(24)28)35-16(2)31-22-5-4-21(32-25(22)35)17-6-7-30-23(29)9-17/h1,4-7,9-11H,8,12-15H2,2H3,(H2,29,30). The van der Waals surface area contributed by atoms with Crippen molar-refractivity contribution in [3.05, 3.63) is 60.1 Å². The number of nitrogens with two attached hydrogens (primary N) is 1. The van der Waals surface area contributed by atoms with Crippen molar-refractivity contribution in [2.45, 2.75) is 6.92 Å². The fourth-order valence-corrected chi connectivity index (χ4v) is 5.40. The van der Waals surface area contributed by atoms with Crippen LogP contribution in [0.2, 0.25) is 0 Å². The number of likely N-dealkylation sites (tertiary alicyclic amines) is 1. The predicted octanol–water partition coefficient (Wildman–Crippen LogP) is 3.41. The van der Waals surface area contributed by atoms with Crippen LogP contribution in [0.5, 0.6) is 0 Å². The molecule has 1 spiro atoms. The molecule has 9 heteroatoms. The van der Waals surface area contributed by atoms with Gasteiger partial charge in [-0.15, -0.1) is 6.42 Å². The Bertz CT molecular complexity index is 1480. The Balaban J connectivity index is 1.33. The molecule has 35 heavy (non-hydrogen) atoms. The second-order valence-corrected chi connectivity index (χ2v) is 9.47. The van der Waals surface area contributed by atoms with Crippen LogP contribution < -0.4 is 10.6 Å². The second kappa shape index (κ2) is 7.75. The van der Waals surface area contributed by atoms with E-state index in [0.717, 1.165) is 18.7 Å². The van der Waals surface area contributed by atoms with Crippen molar-refractivity contribution in [2.75, 3.05) is 43.4 Å². The molecule has 3 aromatic heterocycles. The number of pyridine rings is 2. The number of aromatic nitrogens is 4. The van der Waals surface area contributed by atoms with Gasteiger partial charge in [0.25, 0.3) is 0 Å². The Kier molecular flexibility index (Phi) is 4.76. The number of hydrogen-bond acceptors (Lipinski definition) is 6. The molecular weight excluding hydrogens is 448 g/mol. The number of anilines is 2. The fourth-order valence-electron chi connectivity index (χ4n) is 5.40. The lowest BCUT2D eigenvalue weighted by Gasteiger charge is -2.60. The Hall–Kier alpha value is -4.03. The van der Waals surface area contributed by atoms with Gasteiger partial charge in [-0.3, -0.25) is 9.47 Å². The minimum absolute atomic E-state index is 0.0118. The van der Waals surface area contributed by atoms with Crippen LogP contribution in [-0.4, -0.2) is 57.1 Å². The minimum atomic E-state index is -0.603. The summed E-state index contributed by atoms with van der Waals surface area (Å²) in [5.41, 5.74) is 8.84. The Labute approximate surface area is 201 Å². The van der Waals surface area contributed by atoms with E-state index in [1.807, 2.05) is 12.1 Å². The lowest BCUT2D eigenvalue weighted by atomic mass is 9.72. The third-order valence-electron chi connectivity index (χ3n) is 6.81. The van der Waals surface area contributed by atoms with Gasteiger partial charge < -0.3 is 10.6 Å². The number of hydrogen-bond donors (Lipinski definition) is 1. The second-order valence-electron chi connectivity index (χ2n) is 9.47. The Morgan fingerprint density at radius 2 is 1.80 bits per heavy atom. The van der Waals surface area contributed by atoms with E-state index in [9.17, 15) is 0 Å². The van der Waals surface area contributed by atoms with Crippen LogP contribution in [0.4, 0.5) is 20.3 Å². The molecule has 2 fully saturated rings. The molecule has 0 aliphatic carbocycles. The maximum Gasteiger partial charge on any atom is 0.165 e. The van der Waals surface area contributed by atoms with E-state index in [1.54, 1.807) is 34.7 Å². The highest BCUT2D eigenvalue weighted by atomic mass is 19.1. The molecule has 6 rings (SSSR count). The predicted molar refractivity (Wildman–Crippen MR) is 131 cm³/mol. The molecule has 2 aliphatic rings. The molecule has 2 aliphatic heterocycles. The van der Waals surface area contributed by atoms with Gasteiger partial charge in [-0.05, 0) is 31.2 Å². The van der Waals surface area contributed by atoms with Crippen LogP contribution in [0.15, 0.2) is 42.6 Å². The molecule has 7 nitrogen and oxygen atoms in total. The SMILES string of the molecule is C#CCN1CC2(C1)CN(c1c(F)cc(-n3c(C)nc4ccc(-c5ccnc(N)c5)nc43)cc1F)C2. The zero-order valence-electron chi connectivity index (χ0n) is 19.2. The zero-order valence-corrected chi connectivity index (χ0v) is 19.2. The van der Waals surface area contributed by atoms with Gasteiger partial charge in [0.1, 0.15) is 22.8 Å². The van der Waals surface area contributed by atoms with Crippen LogP contribution in [0.1, 0.15) is 5.82 Å². The molecule has 0 saturated carbocycles. The Morgan fingerprint density at radius 3 is 2.49 bits per heavy atom. The number of rotatable bonds is 4. The summed E-state index contributed by atoms with van der Waals surface area (Å²) in [7, 11) is 0. The van der Waals surface area contributed by atoms with Crippen molar-refractivity contribution in [3.63, 3.8) is 0 Å². The summed E-state index contributed by atoms with van der Waals surface area (Å²) in [6.45, 7) is 5.37. The maximum atomic E-state index is 15.3. The average Bonchev–Trinajstić information content (AvgIpc) is 3.10. The lowest BCUT2D eigenvalue weighted by Crippen LogP contribution is -2.72. The molecule has 1 aromatic carbocycles. The number of aryl methyl sites for hydroxylation is 1. The lowest BCUT2D eigenvalue weighted by molar-refractivity contribution is -0.0125. The summed E-state index contributed by atoms with van der Waals surface area (Å²) in [5, 5.41) is 0. The van der Waals surface area contributed by atoms with Crippen molar-refractivity contribution < 1.29 is 8.78 Å². The number of fused-ring (bicyclic) bond motifs is 1. The molecule has 2 saturated heterocycles. The summed E-state index contributed by atoms with van der Waals surface area (Å²) in [5.74, 6) is 2.40. The third kappa shape index (κ3) is 3.49. The van der Waals surface area contributed by atoms with E-state index in [1.165, 1.54) is 12.1 Å². The van der Waals surface area contributed by atoms with Gasteiger partial charge in [0.05, 0.1) is 17.9 Å². The molecule has 2 N–H and O–H groups in total. The summed E-state index contributed by atoms with van der Waals surface area (Å²) in [6.07, 6.45) is 6.98. The topological polar surface area (TPSA) is 76.1 Å². The number of terminal acetylenes is 1. The number of nitrogen functional groups attached to an aromatic ring is 1. The number of benzene rings is 1. The summed E-state index contributed by atoms with van der Waals surface area (Å²) in [6, 6.07) is 9.90. The van der Waals surface area contributed by atoms with Gasteiger partial charge in [0, 0.05) is 55.5 Å². The third-order valence-corrected chi connectivity index (χ3v) is 6.81. The van der Waals surface area contributed by atoms with Crippen LogP contribution in [0, 0.1) is 36.3 Å². The highest BCUT2D eigenvalue weighted by Gasteiger charge is 2.52. The summed E-state index contributed by atoms with van der Waals surface area (Å²) < 4.78 is 32.2. The van der Waals surface area contributed by atoms with Gasteiger partial charge in [0.15, 0.2) is 17.3 Å². The molecular formula is C26H23F2N7. The zero-order chi connectivity index (χ0) is 24.3. The monoisotopic (exact) mass is 471 g/mol. The van der Waals surface area contributed by atoms with E-state index in [0.29, 0.717) is 53.8 Å². The van der Waals surface area contributed by atoms with E-state index < -0.39 is 11.6 Å². The Morgan fingerprint density at radius 1 is 1.06 bits per heavy atom. The molecule has 4 aromatic rings. The van der Waals surface area contributed by atoms with Gasteiger partial charge in [-0.1, -0.05) is 5.92 Å². The smallest absolute Gasteiger partial charge is 0.165 e. The van der Waals surface area contributed by atoms with Crippen LogP contribution in [0.3, 0.4) is 0 Å². The summed E-state index contributed by atoms with van der Waals surface area (Å²) in [4.78, 5) is 17.2. The molecule has 5 heterocycles. The van der Waals surface area contributed by atoms with E-state index in [-0.39, 0.29) is 11.1 Å². The first-order valence-electron chi connectivity index (χ1n) is 11.3. The van der Waals surface area contributed by atoms with Gasteiger partial charge >= 0.3 is 0 Å². The van der Waals surface area contributed by atoms with Crippen molar-refractivity contribution in [1.29, 1.82) is 0 Å². The summed E-state index contributed by atoms with van der Waals surface area (Å²) >= 11 is 0. The quantitative estimate of drug-likeness (QED) is 0.460. The fraction of sp³-hybridized carbons (Fsp3) is 0.269. The molecule has 176 valence electrons. The molecule has 0 unspecified atom stereocenters. The first-order chi connectivity index (χ1) is 16.9. The van der Waals surface area contributed by atoms with Crippen molar-refractivity contribution in [1.82, 2.24) is 24.4 Å². The van der Waals surface area contributed by atoms with Crippen LogP contribution >= 0.6 is 0 Å². The van der Waals surface area contributed by atoms with E-state index >= 15 is 8.78 Å². The normalized spacial score (nSPS) is 16.8. The number of halogens is 2. The van der Waals surface area contributed by atoms with E-state index in [4.69, 9.17) is 17.1 Å². The highest BCUT2D eigenvalue weighted by Crippen LogP contribution is 2.43. The first kappa shape index (κ1) is 21.5. The van der Waals surface area contributed by atoms with Crippen LogP contribution in [0.25, 0.3) is 28.1 Å². The molecule has 0 amide bonds. The van der Waals surface area contributed by atoms with Crippen molar-refractivity contribution in [3.8, 4) is 29.3 Å². The van der Waals surface area contributed by atoms with Gasteiger partial charge in [-0.2, -0.15) is 0 Å². The maximum absolute atomic E-state index is 15.3. The first-order valence-corrected chi connectivity index (χ1v) is 11.3. The number of imidazole rings is 1. The van der Waals surface area contributed by atoms with E-state index in [2.05, 4.69) is 20.8 Å². The van der Waals surface area contributed by atoms with Gasteiger partial charge in [0.2, 0.25) is 0 Å². The largest absolute Gasteiger partial charge is 0.384 e. The van der Waals surface area contributed by atoms with Crippen molar-refractivity contribution >= 4 is 22.7 Å². The molecule has 0 radical (unpaired) electrons. The average molecular weight is 472 g/mol. The molecule has 0 atom stereocenters. The van der Waals surface area contributed by atoms with Gasteiger partial charge in [-0.25, -0.2) is 23.7 Å². The molecule has 0 bridgehead atoms.